The van der Waals surface area contributed by atoms with Crippen molar-refractivity contribution in [2.45, 2.75) is 31.3 Å². The third-order valence-corrected chi connectivity index (χ3v) is 4.54. The molecule has 0 bridgehead atoms. The van der Waals surface area contributed by atoms with Gasteiger partial charge in [0, 0.05) is 20.6 Å². The number of nitrogens with two attached hydrogens (primary N) is 1. The molecule has 0 atom stereocenters. The molecule has 0 aromatic carbocycles. The molecule has 0 aliphatic heterocycles. The average molecular weight is 284 g/mol. The van der Waals surface area contributed by atoms with Gasteiger partial charge in [-0.05, 0) is 24.4 Å². The number of carbonyl (C=O) groups excluding carboxylic acids is 1. The van der Waals surface area contributed by atoms with Crippen molar-refractivity contribution >= 4 is 28.3 Å². The highest BCUT2D eigenvalue weighted by Gasteiger charge is 2.34. The largest absolute Gasteiger partial charge is 0.388 e. The van der Waals surface area contributed by atoms with E-state index >= 15 is 0 Å². The van der Waals surface area contributed by atoms with E-state index in [4.69, 9.17) is 5.73 Å². The molecule has 0 saturated heterocycles. The van der Waals surface area contributed by atoms with Crippen LogP contribution in [0.25, 0.3) is 0 Å². The lowest BCUT2D eigenvalue weighted by Gasteiger charge is -2.29. The molecule has 0 radical (unpaired) electrons. The first-order valence-corrected chi connectivity index (χ1v) is 7.15. The number of rotatable bonds is 4. The number of aliphatic hydroxyl groups is 1. The van der Waals surface area contributed by atoms with E-state index in [-0.39, 0.29) is 11.7 Å². The van der Waals surface area contributed by atoms with Crippen LogP contribution in [0.3, 0.4) is 0 Å². The van der Waals surface area contributed by atoms with Crippen LogP contribution in [0.1, 0.15) is 36.0 Å². The predicted octanol–water partition coefficient (Wildman–Crippen LogP) is 0.826. The Morgan fingerprint density at radius 1 is 1.58 bits per heavy atom. The van der Waals surface area contributed by atoms with Crippen molar-refractivity contribution in [2.24, 2.45) is 0 Å². The van der Waals surface area contributed by atoms with Crippen molar-refractivity contribution in [3.63, 3.8) is 0 Å². The maximum atomic E-state index is 11.8. The van der Waals surface area contributed by atoms with Gasteiger partial charge in [-0.2, -0.15) is 4.37 Å². The molecule has 19 heavy (non-hydrogen) atoms. The number of hydrogen-bond acceptors (Lipinski definition) is 6. The minimum atomic E-state index is -0.659. The van der Waals surface area contributed by atoms with Gasteiger partial charge >= 0.3 is 0 Å². The highest BCUT2D eigenvalue weighted by Crippen LogP contribution is 2.34. The Labute approximate surface area is 116 Å². The van der Waals surface area contributed by atoms with Gasteiger partial charge in [0.05, 0.1) is 5.60 Å². The third-order valence-electron chi connectivity index (χ3n) is 3.57. The van der Waals surface area contributed by atoms with Crippen molar-refractivity contribution in [3.05, 3.63) is 5.56 Å². The summed E-state index contributed by atoms with van der Waals surface area (Å²) in [4.78, 5) is 13.7. The van der Waals surface area contributed by atoms with Crippen molar-refractivity contribution < 1.29 is 9.90 Å². The van der Waals surface area contributed by atoms with Crippen molar-refractivity contribution in [1.82, 2.24) is 9.69 Å². The molecular weight excluding hydrogens is 264 g/mol. The maximum absolute atomic E-state index is 11.8. The molecule has 0 spiro atoms. The van der Waals surface area contributed by atoms with Gasteiger partial charge in [0.25, 0.3) is 5.91 Å². The molecule has 7 heteroatoms. The van der Waals surface area contributed by atoms with Crippen LogP contribution in [0, 0.1) is 0 Å². The van der Waals surface area contributed by atoms with Gasteiger partial charge < -0.3 is 21.1 Å². The zero-order chi connectivity index (χ0) is 14.0. The van der Waals surface area contributed by atoms with E-state index in [1.807, 2.05) is 11.9 Å². The fourth-order valence-electron chi connectivity index (χ4n) is 2.60. The summed E-state index contributed by atoms with van der Waals surface area (Å²) in [5.41, 5.74) is 5.49. The number of anilines is 2. The van der Waals surface area contributed by atoms with Crippen molar-refractivity contribution in [3.8, 4) is 0 Å². The highest BCUT2D eigenvalue weighted by molar-refractivity contribution is 7.11. The molecule has 1 aromatic heterocycles. The molecule has 1 heterocycles. The lowest BCUT2D eigenvalue weighted by atomic mass is 10.0. The zero-order valence-electron chi connectivity index (χ0n) is 11.3. The topological polar surface area (TPSA) is 91.5 Å². The van der Waals surface area contributed by atoms with Crippen molar-refractivity contribution in [2.75, 3.05) is 31.3 Å². The van der Waals surface area contributed by atoms with Crippen LogP contribution in [-0.4, -0.2) is 41.6 Å². The number of hydrogen-bond donors (Lipinski definition) is 3. The van der Waals surface area contributed by atoms with Crippen LogP contribution < -0.4 is 16.0 Å². The normalized spacial score (nSPS) is 17.4. The SMILES string of the molecule is CNC(=O)c1c(N)nsc1N(C)CC1(O)CCCC1. The Morgan fingerprint density at radius 2 is 2.21 bits per heavy atom. The summed E-state index contributed by atoms with van der Waals surface area (Å²) in [5, 5.41) is 13.7. The first-order chi connectivity index (χ1) is 8.97. The first kappa shape index (κ1) is 14.1. The molecule has 1 aromatic rings. The fraction of sp³-hybridized carbons (Fsp3) is 0.667. The van der Waals surface area contributed by atoms with Crippen LogP contribution in [-0.2, 0) is 0 Å². The second-order valence-corrected chi connectivity index (χ2v) is 5.87. The van der Waals surface area contributed by atoms with Gasteiger partial charge in [0.15, 0.2) is 5.82 Å². The van der Waals surface area contributed by atoms with E-state index in [0.717, 1.165) is 25.7 Å². The lowest BCUT2D eigenvalue weighted by Crippen LogP contribution is -2.39. The minimum absolute atomic E-state index is 0.240. The molecule has 1 aliphatic rings. The third kappa shape index (κ3) is 2.82. The molecule has 1 fully saturated rings. The molecule has 1 saturated carbocycles. The summed E-state index contributed by atoms with van der Waals surface area (Å²) >= 11 is 1.19. The lowest BCUT2D eigenvalue weighted by molar-refractivity contribution is 0.0559. The molecule has 2 rings (SSSR count). The van der Waals surface area contributed by atoms with Crippen LogP contribution in [0.5, 0.6) is 0 Å². The number of nitrogen functional groups attached to an aromatic ring is 1. The number of nitrogens with one attached hydrogen (secondary N) is 1. The van der Waals surface area contributed by atoms with Gasteiger partial charge in [-0.25, -0.2) is 0 Å². The summed E-state index contributed by atoms with van der Waals surface area (Å²) in [6, 6.07) is 0. The number of aromatic nitrogens is 1. The van der Waals surface area contributed by atoms with Crippen LogP contribution >= 0.6 is 11.5 Å². The van der Waals surface area contributed by atoms with E-state index in [9.17, 15) is 9.90 Å². The Morgan fingerprint density at radius 3 is 2.79 bits per heavy atom. The Balaban J connectivity index is 2.19. The quantitative estimate of drug-likeness (QED) is 0.761. The standard InChI is InChI=1S/C12H20N4O2S/c1-14-10(17)8-9(13)15-19-11(8)16(2)7-12(18)5-3-4-6-12/h18H,3-7H2,1-2H3,(H2,13,15)(H,14,17). The number of carbonyl (C=O) groups is 1. The van der Waals surface area contributed by atoms with E-state index in [1.165, 1.54) is 11.5 Å². The number of nitrogens with zero attached hydrogens (tertiary/aromatic N) is 2. The van der Waals surface area contributed by atoms with E-state index in [0.29, 0.717) is 17.1 Å². The minimum Gasteiger partial charge on any atom is -0.388 e. The van der Waals surface area contributed by atoms with E-state index < -0.39 is 5.60 Å². The average Bonchev–Trinajstić information content (AvgIpc) is 2.95. The van der Waals surface area contributed by atoms with Crippen molar-refractivity contribution in [1.29, 1.82) is 0 Å². The number of likely N-dealkylation sites (N-methyl/N-ethyl adjacent to an activating group) is 1. The summed E-state index contributed by atoms with van der Waals surface area (Å²) in [6.07, 6.45) is 3.72. The van der Waals surface area contributed by atoms with Crippen LogP contribution in [0.15, 0.2) is 0 Å². The van der Waals surface area contributed by atoms with Gasteiger partial charge in [0.2, 0.25) is 0 Å². The van der Waals surface area contributed by atoms with Gasteiger partial charge in [0.1, 0.15) is 10.6 Å². The van der Waals surface area contributed by atoms with Crippen LogP contribution in [0.4, 0.5) is 10.8 Å². The smallest absolute Gasteiger partial charge is 0.257 e. The molecule has 0 unspecified atom stereocenters. The second kappa shape index (κ2) is 5.34. The summed E-state index contributed by atoms with van der Waals surface area (Å²) in [5.74, 6) is -0.00359. The maximum Gasteiger partial charge on any atom is 0.257 e. The van der Waals surface area contributed by atoms with Crippen LogP contribution in [0.2, 0.25) is 0 Å². The Hall–Kier alpha value is -1.34. The Kier molecular flexibility index (Phi) is 3.96. The Bertz CT molecular complexity index is 468. The molecule has 4 N–H and O–H groups in total. The summed E-state index contributed by atoms with van der Waals surface area (Å²) < 4.78 is 4.04. The fourth-order valence-corrected chi connectivity index (χ4v) is 3.37. The molecule has 1 aliphatic carbocycles. The molecule has 6 nitrogen and oxygen atoms in total. The molecular formula is C12H20N4O2S. The van der Waals surface area contributed by atoms with Gasteiger partial charge in [-0.15, -0.1) is 0 Å². The predicted molar refractivity (Wildman–Crippen MR) is 76.6 cm³/mol. The summed E-state index contributed by atoms with van der Waals surface area (Å²) in [7, 11) is 3.42. The highest BCUT2D eigenvalue weighted by atomic mass is 32.1. The van der Waals surface area contributed by atoms with Gasteiger partial charge in [-0.1, -0.05) is 12.8 Å². The first-order valence-electron chi connectivity index (χ1n) is 6.37. The van der Waals surface area contributed by atoms with E-state index in [2.05, 4.69) is 9.69 Å². The zero-order valence-corrected chi connectivity index (χ0v) is 12.1. The van der Waals surface area contributed by atoms with Gasteiger partial charge in [-0.3, -0.25) is 4.79 Å². The second-order valence-electron chi connectivity index (χ2n) is 5.11. The van der Waals surface area contributed by atoms with E-state index in [1.54, 1.807) is 7.05 Å². The summed E-state index contributed by atoms with van der Waals surface area (Å²) in [6.45, 7) is 0.499. The number of amides is 1. The molecule has 1 amide bonds. The molecule has 106 valence electrons. The monoisotopic (exact) mass is 284 g/mol.